The molecule has 0 unspecified atom stereocenters. The van der Waals surface area contributed by atoms with Gasteiger partial charge in [-0.25, -0.2) is 4.39 Å². The number of halogens is 2. The quantitative estimate of drug-likeness (QED) is 0.747. The van der Waals surface area contributed by atoms with E-state index in [0.717, 1.165) is 12.1 Å². The van der Waals surface area contributed by atoms with E-state index >= 15 is 0 Å². The molecule has 0 bridgehead atoms. The second-order valence-corrected chi connectivity index (χ2v) is 3.69. The summed E-state index contributed by atoms with van der Waals surface area (Å²) in [6.07, 6.45) is 1.91. The molecule has 2 nitrogen and oxygen atoms in total. The van der Waals surface area contributed by atoms with Gasteiger partial charge in [0.2, 0.25) is 0 Å². The summed E-state index contributed by atoms with van der Waals surface area (Å²) in [4.78, 5) is 0. The van der Waals surface area contributed by atoms with Gasteiger partial charge in [0.05, 0.1) is 10.8 Å². The highest BCUT2D eigenvalue weighted by molar-refractivity contribution is 6.30. The molecule has 1 aliphatic rings. The van der Waals surface area contributed by atoms with Crippen LogP contribution >= 0.6 is 11.6 Å². The zero-order valence-electron chi connectivity index (χ0n) is 7.43. The van der Waals surface area contributed by atoms with Gasteiger partial charge in [-0.2, -0.15) is 0 Å². The van der Waals surface area contributed by atoms with Crippen molar-refractivity contribution >= 4 is 11.6 Å². The van der Waals surface area contributed by atoms with Crippen LogP contribution in [0.4, 0.5) is 4.39 Å². The fourth-order valence-electron chi connectivity index (χ4n) is 1.52. The van der Waals surface area contributed by atoms with Gasteiger partial charge in [0, 0.05) is 12.5 Å². The zero-order chi connectivity index (χ0) is 10.1. The van der Waals surface area contributed by atoms with E-state index in [4.69, 9.17) is 17.3 Å². The van der Waals surface area contributed by atoms with Crippen molar-refractivity contribution in [2.24, 2.45) is 5.73 Å². The second-order valence-electron chi connectivity index (χ2n) is 3.28. The van der Waals surface area contributed by atoms with Crippen molar-refractivity contribution in [3.63, 3.8) is 0 Å². The molecule has 3 N–H and O–H groups in total. The van der Waals surface area contributed by atoms with Crippen molar-refractivity contribution in [3.8, 4) is 0 Å². The average Bonchev–Trinajstić information content (AvgIpc) is 2.57. The maximum absolute atomic E-state index is 12.9. The minimum atomic E-state index is -0.390. The third-order valence-corrected chi connectivity index (χ3v) is 2.57. The first-order valence-corrected chi connectivity index (χ1v) is 4.71. The van der Waals surface area contributed by atoms with Gasteiger partial charge in [-0.15, -0.1) is 0 Å². The van der Waals surface area contributed by atoms with Crippen LogP contribution in [0, 0.1) is 5.82 Å². The summed E-state index contributed by atoms with van der Waals surface area (Å²) in [7, 11) is 0. The van der Waals surface area contributed by atoms with Crippen LogP contribution in [0.2, 0.25) is 5.02 Å². The Hall–Kier alpha value is -1.22. The number of nitrogens with one attached hydrogen (secondary N) is 1. The molecule has 1 aromatic carbocycles. The Morgan fingerprint density at radius 1 is 1.50 bits per heavy atom. The molecule has 0 saturated heterocycles. The van der Waals surface area contributed by atoms with E-state index in [0.29, 0.717) is 5.82 Å². The van der Waals surface area contributed by atoms with Crippen LogP contribution < -0.4 is 11.1 Å². The molecule has 0 saturated carbocycles. The Bertz CT molecular complexity index is 390. The van der Waals surface area contributed by atoms with Crippen molar-refractivity contribution in [3.05, 3.63) is 46.5 Å². The highest BCUT2D eigenvalue weighted by Gasteiger charge is 2.16. The number of rotatable bonds is 1. The van der Waals surface area contributed by atoms with E-state index in [9.17, 15) is 4.39 Å². The van der Waals surface area contributed by atoms with Crippen molar-refractivity contribution < 1.29 is 4.39 Å². The lowest BCUT2D eigenvalue weighted by molar-refractivity contribution is 0.626. The fourth-order valence-corrected chi connectivity index (χ4v) is 1.71. The van der Waals surface area contributed by atoms with Gasteiger partial charge >= 0.3 is 0 Å². The van der Waals surface area contributed by atoms with Gasteiger partial charge < -0.3 is 11.1 Å². The van der Waals surface area contributed by atoms with Crippen LogP contribution in [0.5, 0.6) is 0 Å². The van der Waals surface area contributed by atoms with E-state index in [2.05, 4.69) is 5.32 Å². The third-order valence-electron chi connectivity index (χ3n) is 2.28. The minimum Gasteiger partial charge on any atom is -0.386 e. The molecule has 1 aliphatic heterocycles. The van der Waals surface area contributed by atoms with Gasteiger partial charge in [0.25, 0.3) is 0 Å². The SMILES string of the molecule is NC1=C[C@@H](c2ccc(F)c(Cl)c2)CN1. The molecule has 0 aliphatic carbocycles. The average molecular weight is 213 g/mol. The lowest BCUT2D eigenvalue weighted by Gasteiger charge is -2.07. The summed E-state index contributed by atoms with van der Waals surface area (Å²) >= 11 is 5.68. The van der Waals surface area contributed by atoms with Crippen LogP contribution in [0.3, 0.4) is 0 Å². The lowest BCUT2D eigenvalue weighted by atomic mass is 10.0. The fraction of sp³-hybridized carbons (Fsp3) is 0.200. The molecule has 0 amide bonds. The smallest absolute Gasteiger partial charge is 0.141 e. The molecule has 2 rings (SSSR count). The van der Waals surface area contributed by atoms with Crippen LogP contribution in [-0.4, -0.2) is 6.54 Å². The Kier molecular flexibility index (Phi) is 2.33. The van der Waals surface area contributed by atoms with Gasteiger partial charge in [-0.1, -0.05) is 17.7 Å². The normalized spacial score (nSPS) is 20.4. The standard InChI is InChI=1S/C10H10ClFN2/c11-8-3-6(1-2-9(8)12)7-4-10(13)14-5-7/h1-4,7,14H,5,13H2/t7-/m1/s1. The first kappa shape index (κ1) is 9.34. The number of nitrogens with two attached hydrogens (primary N) is 1. The largest absolute Gasteiger partial charge is 0.386 e. The first-order valence-electron chi connectivity index (χ1n) is 4.33. The Balaban J connectivity index is 2.29. The molecule has 1 aromatic rings. The third kappa shape index (κ3) is 1.68. The van der Waals surface area contributed by atoms with Gasteiger partial charge in [-0.3, -0.25) is 0 Å². The molecule has 0 fully saturated rings. The maximum atomic E-state index is 12.9. The molecule has 74 valence electrons. The highest BCUT2D eigenvalue weighted by Crippen LogP contribution is 2.25. The summed E-state index contributed by atoms with van der Waals surface area (Å²) in [6.45, 7) is 0.744. The topological polar surface area (TPSA) is 38.0 Å². The summed E-state index contributed by atoms with van der Waals surface area (Å²) in [5.74, 6) is 0.460. The van der Waals surface area contributed by atoms with E-state index in [-0.39, 0.29) is 10.9 Å². The van der Waals surface area contributed by atoms with E-state index in [1.54, 1.807) is 12.1 Å². The highest BCUT2D eigenvalue weighted by atomic mass is 35.5. The summed E-state index contributed by atoms with van der Waals surface area (Å²) < 4.78 is 12.9. The van der Waals surface area contributed by atoms with Crippen LogP contribution in [-0.2, 0) is 0 Å². The molecular formula is C10H10ClFN2. The summed E-state index contributed by atoms with van der Waals surface area (Å²) in [5.41, 5.74) is 6.55. The number of hydrogen-bond acceptors (Lipinski definition) is 2. The van der Waals surface area contributed by atoms with Gasteiger partial charge in [0.1, 0.15) is 5.82 Å². The molecule has 0 aromatic heterocycles. The predicted molar refractivity (Wildman–Crippen MR) is 54.4 cm³/mol. The van der Waals surface area contributed by atoms with Crippen LogP contribution in [0.1, 0.15) is 11.5 Å². The maximum Gasteiger partial charge on any atom is 0.141 e. The number of benzene rings is 1. The molecular weight excluding hydrogens is 203 g/mol. The molecule has 4 heteroatoms. The van der Waals surface area contributed by atoms with Crippen molar-refractivity contribution in [1.29, 1.82) is 0 Å². The Labute approximate surface area is 86.6 Å². The number of hydrogen-bond donors (Lipinski definition) is 2. The zero-order valence-corrected chi connectivity index (χ0v) is 8.18. The molecule has 1 heterocycles. The van der Waals surface area contributed by atoms with Crippen molar-refractivity contribution in [2.45, 2.75) is 5.92 Å². The second kappa shape index (κ2) is 3.50. The predicted octanol–water partition coefficient (Wildman–Crippen LogP) is 1.97. The minimum absolute atomic E-state index is 0.154. The van der Waals surface area contributed by atoms with Crippen LogP contribution in [0.25, 0.3) is 0 Å². The van der Waals surface area contributed by atoms with E-state index in [1.165, 1.54) is 6.07 Å². The molecule has 14 heavy (non-hydrogen) atoms. The Morgan fingerprint density at radius 2 is 2.29 bits per heavy atom. The summed E-state index contributed by atoms with van der Waals surface area (Å²) in [5, 5.41) is 3.16. The van der Waals surface area contributed by atoms with Gasteiger partial charge in [0.15, 0.2) is 0 Å². The van der Waals surface area contributed by atoms with Crippen molar-refractivity contribution in [1.82, 2.24) is 5.32 Å². The molecule has 1 atom stereocenters. The summed E-state index contributed by atoms with van der Waals surface area (Å²) in [6, 6.07) is 4.74. The van der Waals surface area contributed by atoms with E-state index < -0.39 is 5.82 Å². The monoisotopic (exact) mass is 212 g/mol. The lowest BCUT2D eigenvalue weighted by Crippen LogP contribution is -2.15. The molecule has 0 spiro atoms. The first-order chi connectivity index (χ1) is 6.66. The van der Waals surface area contributed by atoms with Crippen LogP contribution in [0.15, 0.2) is 30.1 Å². The Morgan fingerprint density at radius 3 is 2.86 bits per heavy atom. The van der Waals surface area contributed by atoms with Crippen molar-refractivity contribution in [2.75, 3.05) is 6.54 Å². The molecule has 0 radical (unpaired) electrons. The van der Waals surface area contributed by atoms with E-state index in [1.807, 2.05) is 6.08 Å². The van der Waals surface area contributed by atoms with Gasteiger partial charge in [-0.05, 0) is 23.8 Å².